The van der Waals surface area contributed by atoms with Gasteiger partial charge in [0.15, 0.2) is 5.82 Å². The van der Waals surface area contributed by atoms with Crippen LogP contribution in [0.25, 0.3) is 22.8 Å². The van der Waals surface area contributed by atoms with E-state index in [0.29, 0.717) is 22.6 Å². The predicted octanol–water partition coefficient (Wildman–Crippen LogP) is 4.57. The van der Waals surface area contributed by atoms with Crippen LogP contribution in [0.2, 0.25) is 0 Å². The van der Waals surface area contributed by atoms with Gasteiger partial charge in [-0.2, -0.15) is 0 Å². The molecule has 0 saturated heterocycles. The van der Waals surface area contributed by atoms with Gasteiger partial charge in [-0.05, 0) is 48.5 Å². The van der Waals surface area contributed by atoms with Gasteiger partial charge in [-0.1, -0.05) is 11.8 Å². The van der Waals surface area contributed by atoms with Gasteiger partial charge in [0.2, 0.25) is 11.0 Å². The van der Waals surface area contributed by atoms with Crippen LogP contribution in [-0.4, -0.2) is 27.3 Å². The molecule has 4 rings (SSSR count). The third-order valence-corrected chi connectivity index (χ3v) is 4.70. The summed E-state index contributed by atoms with van der Waals surface area (Å²) in [6.45, 7) is 0. The molecule has 0 aliphatic carbocycles. The number of nitrogens with zero attached hydrogens (tertiary/aromatic N) is 3. The summed E-state index contributed by atoms with van der Waals surface area (Å²) < 4.78 is 23.6. The second-order valence-corrected chi connectivity index (χ2v) is 6.58. The van der Waals surface area contributed by atoms with Gasteiger partial charge >= 0.3 is 0 Å². The van der Waals surface area contributed by atoms with E-state index >= 15 is 0 Å². The summed E-state index contributed by atoms with van der Waals surface area (Å²) >= 11 is 1.45. The number of ether oxygens (including phenoxy) is 1. The van der Waals surface area contributed by atoms with Crippen LogP contribution in [0, 0.1) is 5.82 Å². The lowest BCUT2D eigenvalue weighted by molar-refractivity contribution is 0.415. The molecule has 136 valence electrons. The summed E-state index contributed by atoms with van der Waals surface area (Å²) in [5.74, 6) is 2.20. The first-order valence-corrected chi connectivity index (χ1v) is 9.10. The molecule has 0 aliphatic rings. The molecule has 0 fully saturated rings. The maximum absolute atomic E-state index is 13.0. The van der Waals surface area contributed by atoms with E-state index in [1.807, 2.05) is 24.3 Å². The van der Waals surface area contributed by atoms with Crippen LogP contribution in [0.3, 0.4) is 0 Å². The van der Waals surface area contributed by atoms with E-state index in [1.54, 1.807) is 25.5 Å². The molecule has 0 bridgehead atoms. The van der Waals surface area contributed by atoms with Crippen molar-refractivity contribution in [2.24, 2.45) is 0 Å². The first-order chi connectivity index (χ1) is 13.2. The monoisotopic (exact) mass is 382 g/mol. The van der Waals surface area contributed by atoms with E-state index in [-0.39, 0.29) is 5.82 Å². The van der Waals surface area contributed by atoms with Crippen LogP contribution in [0.15, 0.2) is 64.4 Å². The molecule has 2 aromatic heterocycles. The number of H-pyrrole nitrogens is 1. The van der Waals surface area contributed by atoms with Crippen LogP contribution in [-0.2, 0) is 5.75 Å². The van der Waals surface area contributed by atoms with E-state index in [4.69, 9.17) is 9.15 Å². The van der Waals surface area contributed by atoms with Crippen molar-refractivity contribution >= 4 is 11.8 Å². The molecule has 0 radical (unpaired) electrons. The summed E-state index contributed by atoms with van der Waals surface area (Å²) in [4.78, 5) is 8.90. The SMILES string of the molecule is COc1ccc(-c2nc(SCc3coc(-c4ccc(F)cc4)n3)n[nH]2)cc1. The molecule has 1 N–H and O–H groups in total. The van der Waals surface area contributed by atoms with Crippen molar-refractivity contribution in [3.05, 3.63) is 66.3 Å². The zero-order chi connectivity index (χ0) is 18.6. The first kappa shape index (κ1) is 17.3. The molecule has 0 aliphatic heterocycles. The maximum Gasteiger partial charge on any atom is 0.226 e. The van der Waals surface area contributed by atoms with Gasteiger partial charge < -0.3 is 9.15 Å². The molecular formula is C19H15FN4O2S. The van der Waals surface area contributed by atoms with Gasteiger partial charge in [-0.25, -0.2) is 14.4 Å². The molecule has 6 nitrogen and oxygen atoms in total. The number of oxazole rings is 1. The molecule has 0 spiro atoms. The van der Waals surface area contributed by atoms with Crippen molar-refractivity contribution in [2.75, 3.05) is 7.11 Å². The van der Waals surface area contributed by atoms with Crippen molar-refractivity contribution in [3.8, 4) is 28.6 Å². The largest absolute Gasteiger partial charge is 0.497 e. The number of nitrogens with one attached hydrogen (secondary N) is 1. The predicted molar refractivity (Wildman–Crippen MR) is 99.8 cm³/mol. The zero-order valence-corrected chi connectivity index (χ0v) is 15.2. The van der Waals surface area contributed by atoms with Crippen LogP contribution in [0.1, 0.15) is 5.69 Å². The Morgan fingerprint density at radius 3 is 2.52 bits per heavy atom. The minimum Gasteiger partial charge on any atom is -0.497 e. The van der Waals surface area contributed by atoms with E-state index in [0.717, 1.165) is 22.6 Å². The fourth-order valence-electron chi connectivity index (χ4n) is 2.43. The summed E-state index contributed by atoms with van der Waals surface area (Å²) in [5.41, 5.74) is 2.41. The minimum atomic E-state index is -0.293. The molecule has 0 saturated carbocycles. The Morgan fingerprint density at radius 2 is 1.78 bits per heavy atom. The van der Waals surface area contributed by atoms with Gasteiger partial charge in [0.25, 0.3) is 0 Å². The number of hydrogen-bond acceptors (Lipinski definition) is 6. The van der Waals surface area contributed by atoms with Crippen LogP contribution < -0.4 is 4.74 Å². The molecule has 2 heterocycles. The van der Waals surface area contributed by atoms with Gasteiger partial charge in [0.1, 0.15) is 17.8 Å². The van der Waals surface area contributed by atoms with Gasteiger partial charge in [-0.3, -0.25) is 5.10 Å². The van der Waals surface area contributed by atoms with Crippen LogP contribution in [0.4, 0.5) is 4.39 Å². The lowest BCUT2D eigenvalue weighted by Crippen LogP contribution is -1.84. The number of aromatic nitrogens is 4. The summed E-state index contributed by atoms with van der Waals surface area (Å²) in [5, 5.41) is 7.77. The average molecular weight is 382 g/mol. The molecule has 0 amide bonds. The van der Waals surface area contributed by atoms with Crippen LogP contribution >= 0.6 is 11.8 Å². The highest BCUT2D eigenvalue weighted by molar-refractivity contribution is 7.98. The molecule has 0 atom stereocenters. The highest BCUT2D eigenvalue weighted by atomic mass is 32.2. The molecule has 4 aromatic rings. The molecule has 2 aromatic carbocycles. The third kappa shape index (κ3) is 4.01. The van der Waals surface area contributed by atoms with E-state index in [9.17, 15) is 4.39 Å². The number of halogens is 1. The Balaban J connectivity index is 1.40. The average Bonchev–Trinajstić information content (AvgIpc) is 3.37. The highest BCUT2D eigenvalue weighted by Crippen LogP contribution is 2.25. The highest BCUT2D eigenvalue weighted by Gasteiger charge is 2.10. The van der Waals surface area contributed by atoms with Gasteiger partial charge in [0, 0.05) is 16.9 Å². The number of thioether (sulfide) groups is 1. The van der Waals surface area contributed by atoms with E-state index < -0.39 is 0 Å². The normalized spacial score (nSPS) is 10.9. The number of hydrogen-bond donors (Lipinski definition) is 1. The topological polar surface area (TPSA) is 76.8 Å². The Hall–Kier alpha value is -3.13. The zero-order valence-electron chi connectivity index (χ0n) is 14.3. The standard InChI is InChI=1S/C19H15FN4O2S/c1-25-16-8-4-12(5-9-16)17-22-19(24-23-17)27-11-15-10-26-18(21-15)13-2-6-14(20)7-3-13/h2-10H,11H2,1H3,(H,22,23,24). The fraction of sp³-hybridized carbons (Fsp3) is 0.105. The summed E-state index contributed by atoms with van der Waals surface area (Å²) in [6.07, 6.45) is 1.59. The minimum absolute atomic E-state index is 0.293. The van der Waals surface area contributed by atoms with E-state index in [2.05, 4.69) is 20.2 Å². The Bertz CT molecular complexity index is 1030. The van der Waals surface area contributed by atoms with E-state index in [1.165, 1.54) is 23.9 Å². The number of methoxy groups -OCH3 is 1. The molecule has 8 heteroatoms. The molecule has 27 heavy (non-hydrogen) atoms. The summed E-state index contributed by atoms with van der Waals surface area (Å²) in [7, 11) is 1.63. The lowest BCUT2D eigenvalue weighted by atomic mass is 10.2. The first-order valence-electron chi connectivity index (χ1n) is 8.11. The maximum atomic E-state index is 13.0. The molecular weight excluding hydrogens is 367 g/mol. The van der Waals surface area contributed by atoms with Crippen molar-refractivity contribution in [3.63, 3.8) is 0 Å². The van der Waals surface area contributed by atoms with Gasteiger partial charge in [-0.15, -0.1) is 5.10 Å². The van der Waals surface area contributed by atoms with Crippen molar-refractivity contribution < 1.29 is 13.5 Å². The van der Waals surface area contributed by atoms with Crippen molar-refractivity contribution in [1.29, 1.82) is 0 Å². The number of benzene rings is 2. The summed E-state index contributed by atoms with van der Waals surface area (Å²) in [6, 6.07) is 13.6. The number of aromatic amines is 1. The Morgan fingerprint density at radius 1 is 1.04 bits per heavy atom. The third-order valence-electron chi connectivity index (χ3n) is 3.82. The Labute approximate surface area is 158 Å². The smallest absolute Gasteiger partial charge is 0.226 e. The second-order valence-electron chi connectivity index (χ2n) is 5.63. The molecule has 0 unspecified atom stereocenters. The van der Waals surface area contributed by atoms with Gasteiger partial charge in [0.05, 0.1) is 12.8 Å². The van der Waals surface area contributed by atoms with Crippen molar-refractivity contribution in [2.45, 2.75) is 10.9 Å². The lowest BCUT2D eigenvalue weighted by Gasteiger charge is -1.99. The number of rotatable bonds is 6. The Kier molecular flexibility index (Phi) is 4.88. The quantitative estimate of drug-likeness (QED) is 0.493. The van der Waals surface area contributed by atoms with Crippen LogP contribution in [0.5, 0.6) is 5.75 Å². The fourth-order valence-corrected chi connectivity index (χ4v) is 3.10. The van der Waals surface area contributed by atoms with Crippen molar-refractivity contribution in [1.82, 2.24) is 20.2 Å². The second kappa shape index (κ2) is 7.63.